The minimum absolute atomic E-state index is 0.0213. The first-order chi connectivity index (χ1) is 14.7. The number of nitrogens with one attached hydrogen (secondary N) is 6. The number of nitrogens with zero attached hydrogens (tertiary/aromatic N) is 1. The normalized spacial score (nSPS) is 30.0. The molecule has 0 saturated carbocycles. The van der Waals surface area contributed by atoms with Crippen LogP contribution in [-0.2, 0) is 5.41 Å². The van der Waals surface area contributed by atoms with Gasteiger partial charge in [-0.15, -0.1) is 0 Å². The number of carbonyl (C=O) groups excluding carboxylic acids is 1. The second-order valence-corrected chi connectivity index (χ2v) is 9.57. The van der Waals surface area contributed by atoms with Crippen LogP contribution in [-0.4, -0.2) is 67.1 Å². The Morgan fingerprint density at radius 3 is 2.94 bits per heavy atom. The lowest BCUT2D eigenvalue weighted by atomic mass is 9.79. The molecule has 0 aliphatic carbocycles. The number of fused-ring (bicyclic) bond motifs is 1. The summed E-state index contributed by atoms with van der Waals surface area (Å²) in [4.78, 5) is 15.4. The third-order valence-corrected chi connectivity index (χ3v) is 7.03. The molecule has 2 fully saturated rings. The summed E-state index contributed by atoms with van der Waals surface area (Å²) in [5.41, 5.74) is 1.12. The maximum Gasteiger partial charge on any atom is 0.255 e. The van der Waals surface area contributed by atoms with E-state index in [1.807, 2.05) is 32.2 Å². The second kappa shape index (κ2) is 7.71. The number of guanidine groups is 1. The van der Waals surface area contributed by atoms with Gasteiger partial charge in [-0.25, -0.2) is 0 Å². The number of hydrogen-bond donors (Lipinski definition) is 6. The van der Waals surface area contributed by atoms with E-state index in [4.69, 9.17) is 15.6 Å². The predicted octanol–water partition coefficient (Wildman–Crippen LogP) is 0.958. The Balaban J connectivity index is 1.54. The zero-order valence-corrected chi connectivity index (χ0v) is 18.6. The molecule has 3 aliphatic rings. The van der Waals surface area contributed by atoms with Crippen molar-refractivity contribution in [2.24, 2.45) is 0 Å². The standard InChI is InChI=1S/C22H33N7O2/c1-13(25-12-23)18-22(28-20(24)27-18)10-14(11-29(22)4)26-19(30)15-6-5-7-16-17(15)31-9-8-21(16,2)3/h5-7,12-14,18H,8-11H2,1-4H3,(H2,23,25)(H,26,30)(H3,24,27,28)/t13-,14+,18?,22?/m0/s1. The Bertz CT molecular complexity index is 902. The van der Waals surface area contributed by atoms with Crippen LogP contribution in [0.5, 0.6) is 5.75 Å². The molecule has 2 unspecified atom stereocenters. The molecule has 2 saturated heterocycles. The number of likely N-dealkylation sites (N-methyl/N-ethyl adjacent to an activating group) is 1. The molecule has 3 heterocycles. The number of rotatable bonds is 5. The highest BCUT2D eigenvalue weighted by atomic mass is 16.5. The minimum atomic E-state index is -0.515. The van der Waals surface area contributed by atoms with Crippen molar-refractivity contribution in [3.63, 3.8) is 0 Å². The van der Waals surface area contributed by atoms with Crippen LogP contribution in [0.4, 0.5) is 0 Å². The third kappa shape index (κ3) is 3.60. The number of ether oxygens (including phenoxy) is 1. The smallest absolute Gasteiger partial charge is 0.255 e. The average Bonchev–Trinajstić information content (AvgIpc) is 3.20. The second-order valence-electron chi connectivity index (χ2n) is 9.57. The number of hydrogen-bond acceptors (Lipinski definition) is 5. The van der Waals surface area contributed by atoms with E-state index in [0.717, 1.165) is 12.0 Å². The van der Waals surface area contributed by atoms with Gasteiger partial charge in [0, 0.05) is 30.6 Å². The number of likely N-dealkylation sites (tertiary alicyclic amines) is 1. The van der Waals surface area contributed by atoms with Gasteiger partial charge < -0.3 is 26.0 Å². The van der Waals surface area contributed by atoms with Gasteiger partial charge in [-0.1, -0.05) is 26.0 Å². The Labute approximate surface area is 183 Å². The van der Waals surface area contributed by atoms with E-state index in [2.05, 4.69) is 40.0 Å². The third-order valence-electron chi connectivity index (χ3n) is 7.03. The summed E-state index contributed by atoms with van der Waals surface area (Å²) in [5, 5.41) is 28.2. The van der Waals surface area contributed by atoms with E-state index in [9.17, 15) is 4.79 Å². The maximum absolute atomic E-state index is 13.2. The Hall–Kier alpha value is -2.81. The van der Waals surface area contributed by atoms with Gasteiger partial charge in [0.1, 0.15) is 11.4 Å². The van der Waals surface area contributed by atoms with E-state index < -0.39 is 5.66 Å². The molecule has 4 rings (SSSR count). The highest BCUT2D eigenvalue weighted by Crippen LogP contribution is 2.40. The predicted molar refractivity (Wildman–Crippen MR) is 120 cm³/mol. The fraction of sp³-hybridized carbons (Fsp3) is 0.591. The zero-order chi connectivity index (χ0) is 22.4. The van der Waals surface area contributed by atoms with E-state index in [1.54, 1.807) is 0 Å². The van der Waals surface area contributed by atoms with Crippen LogP contribution < -0.4 is 26.0 Å². The van der Waals surface area contributed by atoms with Crippen LogP contribution in [0.3, 0.4) is 0 Å². The molecule has 168 valence electrons. The molecule has 4 atom stereocenters. The fourth-order valence-electron chi connectivity index (χ4n) is 5.28. The van der Waals surface area contributed by atoms with Gasteiger partial charge in [-0.05, 0) is 31.9 Å². The van der Waals surface area contributed by atoms with Gasteiger partial charge in [-0.3, -0.25) is 20.5 Å². The lowest BCUT2D eigenvalue weighted by Crippen LogP contribution is -2.63. The Morgan fingerprint density at radius 1 is 1.42 bits per heavy atom. The molecular weight excluding hydrogens is 394 g/mol. The highest BCUT2D eigenvalue weighted by molar-refractivity contribution is 5.97. The van der Waals surface area contributed by atoms with Gasteiger partial charge in [0.2, 0.25) is 0 Å². The first-order valence-electron chi connectivity index (χ1n) is 10.8. The molecule has 1 aromatic rings. The molecule has 3 aliphatic heterocycles. The van der Waals surface area contributed by atoms with Crippen molar-refractivity contribution in [3.05, 3.63) is 29.3 Å². The molecule has 0 aromatic heterocycles. The first kappa shape index (κ1) is 21.4. The van der Waals surface area contributed by atoms with Crippen molar-refractivity contribution in [3.8, 4) is 5.75 Å². The molecule has 1 spiro atoms. The summed E-state index contributed by atoms with van der Waals surface area (Å²) in [6, 6.07) is 5.53. The van der Waals surface area contributed by atoms with Crippen LogP contribution in [0.2, 0.25) is 0 Å². The van der Waals surface area contributed by atoms with Crippen molar-refractivity contribution in [2.45, 2.75) is 62.8 Å². The fourth-order valence-corrected chi connectivity index (χ4v) is 5.28. The molecule has 1 aromatic carbocycles. The summed E-state index contributed by atoms with van der Waals surface area (Å²) in [7, 11) is 2.00. The maximum atomic E-state index is 13.2. The molecule has 31 heavy (non-hydrogen) atoms. The van der Waals surface area contributed by atoms with Crippen molar-refractivity contribution in [1.82, 2.24) is 26.2 Å². The average molecular weight is 428 g/mol. The van der Waals surface area contributed by atoms with Crippen LogP contribution in [0.1, 0.15) is 49.5 Å². The van der Waals surface area contributed by atoms with Crippen LogP contribution in [0.15, 0.2) is 18.2 Å². The van der Waals surface area contributed by atoms with Crippen molar-refractivity contribution in [2.75, 3.05) is 20.2 Å². The van der Waals surface area contributed by atoms with Crippen LogP contribution in [0, 0.1) is 10.8 Å². The SMILES string of the molecule is C[C@H](NC=N)C1NC(=N)NC12C[C@@H](NC(=O)c1cccc3c1OCCC3(C)C)CN2C. The quantitative estimate of drug-likeness (QED) is 0.307. The largest absolute Gasteiger partial charge is 0.492 e. The molecule has 1 amide bonds. The molecule has 9 heteroatoms. The lowest BCUT2D eigenvalue weighted by Gasteiger charge is -2.39. The molecular formula is C22H33N7O2. The summed E-state index contributed by atoms with van der Waals surface area (Å²) in [6.45, 7) is 7.62. The van der Waals surface area contributed by atoms with Crippen LogP contribution >= 0.6 is 0 Å². The number of amides is 1. The van der Waals surface area contributed by atoms with Crippen LogP contribution in [0.25, 0.3) is 0 Å². The van der Waals surface area contributed by atoms with Gasteiger partial charge in [0.15, 0.2) is 5.96 Å². The van der Waals surface area contributed by atoms with Crippen molar-refractivity contribution >= 4 is 18.2 Å². The summed E-state index contributed by atoms with van der Waals surface area (Å²) in [6.07, 6.45) is 2.74. The molecule has 0 radical (unpaired) electrons. The Kier molecular flexibility index (Phi) is 5.33. The number of carbonyl (C=O) groups is 1. The van der Waals surface area contributed by atoms with E-state index in [1.165, 1.54) is 6.34 Å². The first-order valence-corrected chi connectivity index (χ1v) is 10.8. The van der Waals surface area contributed by atoms with E-state index in [-0.39, 0.29) is 35.4 Å². The van der Waals surface area contributed by atoms with Gasteiger partial charge in [0.05, 0.1) is 24.6 Å². The topological polar surface area (TPSA) is 125 Å². The monoisotopic (exact) mass is 427 g/mol. The van der Waals surface area contributed by atoms with E-state index in [0.29, 0.717) is 30.9 Å². The van der Waals surface area contributed by atoms with Gasteiger partial charge in [0.25, 0.3) is 5.91 Å². The summed E-state index contributed by atoms with van der Waals surface area (Å²) >= 11 is 0. The number of para-hydroxylation sites is 1. The number of benzene rings is 1. The molecule has 6 N–H and O–H groups in total. The lowest BCUT2D eigenvalue weighted by molar-refractivity contribution is 0.0931. The summed E-state index contributed by atoms with van der Waals surface area (Å²) < 4.78 is 5.93. The van der Waals surface area contributed by atoms with Crippen molar-refractivity contribution in [1.29, 1.82) is 10.8 Å². The summed E-state index contributed by atoms with van der Waals surface area (Å²) in [5.74, 6) is 0.824. The minimum Gasteiger partial charge on any atom is -0.492 e. The molecule has 9 nitrogen and oxygen atoms in total. The van der Waals surface area contributed by atoms with E-state index >= 15 is 0 Å². The van der Waals surface area contributed by atoms with Crippen molar-refractivity contribution < 1.29 is 9.53 Å². The Morgan fingerprint density at radius 2 is 2.19 bits per heavy atom. The van der Waals surface area contributed by atoms with Gasteiger partial charge >= 0.3 is 0 Å². The highest BCUT2D eigenvalue weighted by Gasteiger charge is 2.55. The van der Waals surface area contributed by atoms with Gasteiger partial charge in [-0.2, -0.15) is 0 Å². The zero-order valence-electron chi connectivity index (χ0n) is 18.6. The molecule has 0 bridgehead atoms.